The van der Waals surface area contributed by atoms with E-state index in [1.165, 1.54) is 0 Å². The van der Waals surface area contributed by atoms with E-state index in [1.54, 1.807) is 19.1 Å². The molecule has 1 aromatic rings. The first kappa shape index (κ1) is 14.4. The highest BCUT2D eigenvalue weighted by atomic mass is 19.1. The second-order valence-electron chi connectivity index (χ2n) is 5.21. The van der Waals surface area contributed by atoms with Crippen molar-refractivity contribution in [1.82, 2.24) is 4.90 Å². The van der Waals surface area contributed by atoms with Gasteiger partial charge in [0, 0.05) is 32.3 Å². The first-order valence-electron chi connectivity index (χ1n) is 6.98. The van der Waals surface area contributed by atoms with Gasteiger partial charge in [-0.1, -0.05) is 12.1 Å². The molecule has 4 heteroatoms. The van der Waals surface area contributed by atoms with Crippen LogP contribution in [0.2, 0.25) is 0 Å². The summed E-state index contributed by atoms with van der Waals surface area (Å²) in [5, 5.41) is 0. The normalized spacial score (nSPS) is 19.1. The van der Waals surface area contributed by atoms with Crippen LogP contribution in [-0.2, 0) is 4.74 Å². The largest absolute Gasteiger partial charge is 0.380 e. The Morgan fingerprint density at radius 1 is 1.37 bits per heavy atom. The van der Waals surface area contributed by atoms with Crippen molar-refractivity contribution in [2.45, 2.75) is 25.8 Å². The van der Waals surface area contributed by atoms with Crippen LogP contribution >= 0.6 is 0 Å². The van der Waals surface area contributed by atoms with E-state index >= 15 is 0 Å². The van der Waals surface area contributed by atoms with Gasteiger partial charge < -0.3 is 15.4 Å². The summed E-state index contributed by atoms with van der Waals surface area (Å²) in [5.74, 6) is -0.170. The first-order valence-corrected chi connectivity index (χ1v) is 6.98. The molecule has 0 aromatic heterocycles. The Morgan fingerprint density at radius 3 is 3.00 bits per heavy atom. The average molecular weight is 266 g/mol. The number of halogens is 1. The molecule has 1 unspecified atom stereocenters. The fraction of sp³-hybridized carbons (Fsp3) is 0.600. The van der Waals surface area contributed by atoms with Crippen LogP contribution in [0.4, 0.5) is 4.39 Å². The van der Waals surface area contributed by atoms with Crippen molar-refractivity contribution in [3.63, 3.8) is 0 Å². The zero-order valence-corrected chi connectivity index (χ0v) is 11.6. The van der Waals surface area contributed by atoms with Gasteiger partial charge in [0.2, 0.25) is 0 Å². The number of rotatable bonds is 4. The van der Waals surface area contributed by atoms with Crippen molar-refractivity contribution >= 4 is 0 Å². The Hall–Kier alpha value is -0.970. The van der Waals surface area contributed by atoms with Crippen LogP contribution in [0, 0.1) is 12.7 Å². The molecule has 0 bridgehead atoms. The zero-order valence-electron chi connectivity index (χ0n) is 11.6. The molecule has 0 aliphatic carbocycles. The molecule has 3 nitrogen and oxygen atoms in total. The van der Waals surface area contributed by atoms with Crippen LogP contribution in [0.25, 0.3) is 0 Å². The number of hydrogen-bond donors (Lipinski definition) is 1. The Balaban J connectivity index is 1.85. The highest BCUT2D eigenvalue weighted by Gasteiger charge is 2.13. The van der Waals surface area contributed by atoms with Gasteiger partial charge in [-0.05, 0) is 37.0 Å². The molecule has 1 aliphatic heterocycles. The SMILES string of the molecule is Cc1ccc(C(N)CCN2CCCOCC2)cc1F. The lowest BCUT2D eigenvalue weighted by Crippen LogP contribution is -2.29. The number of nitrogens with two attached hydrogens (primary N) is 1. The van der Waals surface area contributed by atoms with E-state index < -0.39 is 0 Å². The fourth-order valence-electron chi connectivity index (χ4n) is 2.35. The van der Waals surface area contributed by atoms with Gasteiger partial charge in [0.05, 0.1) is 6.61 Å². The van der Waals surface area contributed by atoms with Gasteiger partial charge in [-0.15, -0.1) is 0 Å². The average Bonchev–Trinajstić information content (AvgIpc) is 2.67. The highest BCUT2D eigenvalue weighted by molar-refractivity contribution is 5.25. The Kier molecular flexibility index (Phi) is 5.31. The molecule has 0 saturated carbocycles. The number of aryl methyl sites for hydroxylation is 1. The summed E-state index contributed by atoms with van der Waals surface area (Å²) in [5.41, 5.74) is 7.70. The minimum atomic E-state index is -0.170. The molecule has 106 valence electrons. The molecule has 1 fully saturated rings. The summed E-state index contributed by atoms with van der Waals surface area (Å²) >= 11 is 0. The van der Waals surface area contributed by atoms with Crippen LogP contribution in [-0.4, -0.2) is 37.7 Å². The third-order valence-electron chi connectivity index (χ3n) is 3.70. The predicted octanol–water partition coefficient (Wildman–Crippen LogP) is 2.25. The summed E-state index contributed by atoms with van der Waals surface area (Å²) in [6.45, 7) is 6.39. The maximum Gasteiger partial charge on any atom is 0.126 e. The minimum absolute atomic E-state index is 0.0979. The number of nitrogens with zero attached hydrogens (tertiary/aromatic N) is 1. The monoisotopic (exact) mass is 266 g/mol. The lowest BCUT2D eigenvalue weighted by atomic mass is 10.0. The van der Waals surface area contributed by atoms with Crippen molar-refractivity contribution in [2.75, 3.05) is 32.8 Å². The zero-order chi connectivity index (χ0) is 13.7. The molecule has 0 radical (unpaired) electrons. The molecule has 2 rings (SSSR count). The number of hydrogen-bond acceptors (Lipinski definition) is 3. The van der Waals surface area contributed by atoms with E-state index in [9.17, 15) is 4.39 Å². The fourth-order valence-corrected chi connectivity index (χ4v) is 2.35. The maximum atomic E-state index is 13.5. The summed E-state index contributed by atoms with van der Waals surface area (Å²) in [4.78, 5) is 2.37. The smallest absolute Gasteiger partial charge is 0.126 e. The lowest BCUT2D eigenvalue weighted by Gasteiger charge is -2.21. The van der Waals surface area contributed by atoms with Gasteiger partial charge in [-0.2, -0.15) is 0 Å². The standard InChI is InChI=1S/C15H23FN2O/c1-12-3-4-13(11-14(12)16)15(17)5-7-18-6-2-9-19-10-8-18/h3-4,11,15H,2,5-10,17H2,1H3. The van der Waals surface area contributed by atoms with Crippen LogP contribution in [0.1, 0.15) is 30.0 Å². The van der Waals surface area contributed by atoms with E-state index in [1.807, 2.05) is 6.07 Å². The van der Waals surface area contributed by atoms with Gasteiger partial charge in [-0.25, -0.2) is 4.39 Å². The number of ether oxygens (including phenoxy) is 1. The van der Waals surface area contributed by atoms with Crippen molar-refractivity contribution < 1.29 is 9.13 Å². The van der Waals surface area contributed by atoms with Gasteiger partial charge >= 0.3 is 0 Å². The molecule has 1 aromatic carbocycles. The van der Waals surface area contributed by atoms with Crippen LogP contribution in [0.5, 0.6) is 0 Å². The van der Waals surface area contributed by atoms with Crippen LogP contribution in [0.3, 0.4) is 0 Å². The van der Waals surface area contributed by atoms with Gasteiger partial charge in [0.15, 0.2) is 0 Å². The Labute approximate surface area is 114 Å². The minimum Gasteiger partial charge on any atom is -0.380 e. The van der Waals surface area contributed by atoms with Gasteiger partial charge in [0.1, 0.15) is 5.82 Å². The summed E-state index contributed by atoms with van der Waals surface area (Å²) in [6, 6.07) is 5.18. The summed E-state index contributed by atoms with van der Waals surface area (Å²) < 4.78 is 18.9. The lowest BCUT2D eigenvalue weighted by molar-refractivity contribution is 0.141. The second kappa shape index (κ2) is 6.98. The van der Waals surface area contributed by atoms with E-state index in [4.69, 9.17) is 10.5 Å². The number of benzene rings is 1. The van der Waals surface area contributed by atoms with Crippen molar-refractivity contribution in [2.24, 2.45) is 5.73 Å². The molecular weight excluding hydrogens is 243 g/mol. The van der Waals surface area contributed by atoms with E-state index in [0.29, 0.717) is 5.56 Å². The topological polar surface area (TPSA) is 38.5 Å². The van der Waals surface area contributed by atoms with E-state index in [2.05, 4.69) is 4.90 Å². The van der Waals surface area contributed by atoms with Crippen molar-refractivity contribution in [3.8, 4) is 0 Å². The Bertz CT molecular complexity index is 403. The van der Waals surface area contributed by atoms with Crippen LogP contribution in [0.15, 0.2) is 18.2 Å². The van der Waals surface area contributed by atoms with E-state index in [0.717, 1.165) is 51.3 Å². The predicted molar refractivity (Wildman–Crippen MR) is 74.6 cm³/mol. The summed E-state index contributed by atoms with van der Waals surface area (Å²) in [6.07, 6.45) is 1.93. The third kappa shape index (κ3) is 4.27. The molecule has 1 heterocycles. The molecule has 1 saturated heterocycles. The van der Waals surface area contributed by atoms with Gasteiger partial charge in [0.25, 0.3) is 0 Å². The molecule has 1 atom stereocenters. The summed E-state index contributed by atoms with van der Waals surface area (Å²) in [7, 11) is 0. The molecule has 1 aliphatic rings. The third-order valence-corrected chi connectivity index (χ3v) is 3.70. The van der Waals surface area contributed by atoms with Crippen molar-refractivity contribution in [1.29, 1.82) is 0 Å². The van der Waals surface area contributed by atoms with Crippen molar-refractivity contribution in [3.05, 3.63) is 35.1 Å². The Morgan fingerprint density at radius 2 is 2.21 bits per heavy atom. The molecular formula is C15H23FN2O. The van der Waals surface area contributed by atoms with Gasteiger partial charge in [-0.3, -0.25) is 0 Å². The van der Waals surface area contributed by atoms with Crippen LogP contribution < -0.4 is 5.73 Å². The quantitative estimate of drug-likeness (QED) is 0.908. The van der Waals surface area contributed by atoms with E-state index in [-0.39, 0.29) is 11.9 Å². The highest BCUT2D eigenvalue weighted by Crippen LogP contribution is 2.18. The molecule has 0 amide bonds. The molecule has 2 N–H and O–H groups in total. The second-order valence-corrected chi connectivity index (χ2v) is 5.21. The molecule has 0 spiro atoms. The molecule has 19 heavy (non-hydrogen) atoms. The first-order chi connectivity index (χ1) is 9.16. The maximum absolute atomic E-state index is 13.5.